The second-order valence-corrected chi connectivity index (χ2v) is 25.2. The molecule has 4 N–H and O–H groups in total. The smallest absolute Gasteiger partial charge is 0.449 e. The summed E-state index contributed by atoms with van der Waals surface area (Å²) in [5.41, 5.74) is 14.7. The van der Waals surface area contributed by atoms with Crippen LogP contribution in [0.1, 0.15) is 141 Å². The lowest BCUT2D eigenvalue weighted by Crippen LogP contribution is -2.27. The lowest BCUT2D eigenvalue weighted by molar-refractivity contribution is -0.385. The van der Waals surface area contributed by atoms with E-state index in [0.29, 0.717) is 35.7 Å². The fourth-order valence-corrected chi connectivity index (χ4v) is 8.65. The standard InChI is InChI=1S/C14H16F3NO4.C14H18F3NO2.C14H17F3O2.C11H17NO.C11H13NO.C9H9NO/c1-13(2,7-6-12(19)14(15,16)17)9-4-5-11(22-3)10(8-9)18(20)21;1-13(2,7-6-12(19)14(15,16)17)9-4-5-11(20-3)10(18)8-9;1-13(2,9-8-12(18)14(15,16)17)10-4-6-11(19-3)7-5-10;2*1-11(2,8-12)9-4-6-10(13-3)7-5-9;1-11-9-4-2-8(3-5-9)6-7-10/h4-5,8H,6-7H2,1-3H3;4-5,8H,6-7,18H2,1-3H3;4-7H,8-9H2,1-3H3;4-7H,8,12H2,1-3H3;4-7H,1-3H3;2-5H,6H2,1H3. The second kappa shape index (κ2) is 38.5. The van der Waals surface area contributed by atoms with Crippen molar-refractivity contribution in [2.24, 2.45) is 5.73 Å². The number of carbonyl (C=O) groups excluding carboxylic acids is 3. The molecule has 16 nitrogen and oxygen atoms in total. The first-order valence-corrected chi connectivity index (χ1v) is 30.4. The molecule has 0 heterocycles. The number of hydrogen-bond acceptors (Lipinski definition) is 15. The quantitative estimate of drug-likeness (QED) is 0.0262. The van der Waals surface area contributed by atoms with E-state index in [9.17, 15) is 64.0 Å². The molecular formula is C73H90F9N5O11. The van der Waals surface area contributed by atoms with Crippen molar-refractivity contribution in [2.75, 3.05) is 54.9 Å². The predicted octanol–water partition coefficient (Wildman–Crippen LogP) is 17.3. The Hall–Kier alpha value is -9.36. The molecule has 0 spiro atoms. The van der Waals surface area contributed by atoms with Crippen LogP contribution in [-0.4, -0.2) is 90.0 Å². The number of ether oxygens (including phenoxy) is 6. The summed E-state index contributed by atoms with van der Waals surface area (Å²) in [4.78, 5) is 43.2. The maximum Gasteiger partial charge on any atom is 0.449 e. The van der Waals surface area contributed by atoms with E-state index in [1.807, 2.05) is 88.4 Å². The summed E-state index contributed by atoms with van der Waals surface area (Å²) in [5.74, 6) is -1.39. The minimum atomic E-state index is -4.86. The van der Waals surface area contributed by atoms with E-state index in [4.69, 9.17) is 50.4 Å². The molecule has 0 unspecified atom stereocenters. The number of halogens is 9. The molecule has 0 saturated carbocycles. The molecule has 98 heavy (non-hydrogen) atoms. The van der Waals surface area contributed by atoms with Gasteiger partial charge in [-0.2, -0.15) is 50.0 Å². The number of anilines is 1. The van der Waals surface area contributed by atoms with Crippen molar-refractivity contribution in [3.63, 3.8) is 0 Å². The van der Waals surface area contributed by atoms with Crippen molar-refractivity contribution >= 4 is 28.7 Å². The van der Waals surface area contributed by atoms with Crippen molar-refractivity contribution in [2.45, 2.75) is 160 Å². The van der Waals surface area contributed by atoms with E-state index >= 15 is 0 Å². The summed E-state index contributed by atoms with van der Waals surface area (Å²) in [5, 5.41) is 28.2. The summed E-state index contributed by atoms with van der Waals surface area (Å²) in [6, 6.07) is 43.8. The van der Waals surface area contributed by atoms with E-state index in [2.05, 4.69) is 38.1 Å². The first-order chi connectivity index (χ1) is 45.3. The number of alkyl halides is 9. The minimum Gasteiger partial charge on any atom is -0.497 e. The van der Waals surface area contributed by atoms with Gasteiger partial charge in [-0.1, -0.05) is 116 Å². The maximum atomic E-state index is 12.2. The van der Waals surface area contributed by atoms with Crippen molar-refractivity contribution < 1.29 is 87.2 Å². The monoisotopic (exact) mass is 1380 g/mol. The number of nitro benzene ring substituents is 1. The van der Waals surface area contributed by atoms with Gasteiger partial charge in [0, 0.05) is 37.3 Å². The van der Waals surface area contributed by atoms with Crippen LogP contribution in [0.25, 0.3) is 0 Å². The third kappa shape index (κ3) is 29.2. The van der Waals surface area contributed by atoms with Crippen molar-refractivity contribution in [1.29, 1.82) is 10.5 Å². The largest absolute Gasteiger partial charge is 0.497 e. The van der Waals surface area contributed by atoms with Crippen molar-refractivity contribution in [1.82, 2.24) is 0 Å². The number of nitrogens with zero attached hydrogens (tertiary/aromatic N) is 3. The van der Waals surface area contributed by atoms with Gasteiger partial charge in [-0.25, -0.2) is 0 Å². The summed E-state index contributed by atoms with van der Waals surface area (Å²) in [7, 11) is 9.24. The van der Waals surface area contributed by atoms with E-state index in [0.717, 1.165) is 39.5 Å². The molecule has 0 bridgehead atoms. The van der Waals surface area contributed by atoms with Gasteiger partial charge in [0.2, 0.25) is 17.3 Å². The highest BCUT2D eigenvalue weighted by molar-refractivity contribution is 5.85. The number of nitrogens with two attached hydrogens (primary N) is 2. The third-order valence-electron chi connectivity index (χ3n) is 15.8. The molecule has 6 aromatic carbocycles. The molecule has 0 aromatic heterocycles. The van der Waals surface area contributed by atoms with Crippen molar-refractivity contribution in [3.05, 3.63) is 177 Å². The van der Waals surface area contributed by atoms with E-state index in [1.54, 1.807) is 105 Å². The highest BCUT2D eigenvalue weighted by atomic mass is 19.4. The molecule has 0 aliphatic rings. The van der Waals surface area contributed by atoms with Gasteiger partial charge in [0.05, 0.1) is 77.2 Å². The van der Waals surface area contributed by atoms with Gasteiger partial charge in [-0.05, 0) is 149 Å². The zero-order chi connectivity index (χ0) is 75.3. The molecule has 0 fully saturated rings. The van der Waals surface area contributed by atoms with Crippen molar-refractivity contribution in [3.8, 4) is 46.6 Å². The van der Waals surface area contributed by atoms with Crippen LogP contribution in [0.5, 0.6) is 34.5 Å². The number of methoxy groups -OCH3 is 6. The van der Waals surface area contributed by atoms with E-state index < -0.39 is 81.7 Å². The van der Waals surface area contributed by atoms with Gasteiger partial charge in [0.15, 0.2) is 5.75 Å². The van der Waals surface area contributed by atoms with Gasteiger partial charge in [-0.3, -0.25) is 24.5 Å². The fraction of sp³-hybridized carbons (Fsp3) is 0.438. The van der Waals surface area contributed by atoms with Crippen LogP contribution in [0.2, 0.25) is 0 Å². The van der Waals surface area contributed by atoms with E-state index in [-0.39, 0.29) is 36.1 Å². The molecule has 0 aliphatic heterocycles. The molecule has 536 valence electrons. The molecule has 0 saturated heterocycles. The molecule has 0 aliphatic carbocycles. The molecule has 0 amide bonds. The zero-order valence-corrected chi connectivity index (χ0v) is 58.2. The Kier molecular flexibility index (Phi) is 34.1. The Morgan fingerprint density at radius 1 is 0.439 bits per heavy atom. The average molecular weight is 1380 g/mol. The Balaban J connectivity index is 0.000000597. The highest BCUT2D eigenvalue weighted by Crippen LogP contribution is 2.38. The number of nitrogen functional groups attached to an aromatic ring is 1. The molecule has 0 radical (unpaired) electrons. The lowest BCUT2D eigenvalue weighted by atomic mass is 9.79. The first kappa shape index (κ1) is 86.7. The van der Waals surface area contributed by atoms with Gasteiger partial charge in [0.25, 0.3) is 0 Å². The second-order valence-electron chi connectivity index (χ2n) is 25.2. The molecule has 6 aromatic rings. The Labute approximate surface area is 568 Å². The molecular weight excluding hydrogens is 1290 g/mol. The van der Waals surface area contributed by atoms with Gasteiger partial charge < -0.3 is 39.9 Å². The van der Waals surface area contributed by atoms with Crippen LogP contribution in [0.3, 0.4) is 0 Å². The minimum absolute atomic E-state index is 0.0479. The number of nitro groups is 1. The fourth-order valence-electron chi connectivity index (χ4n) is 8.65. The lowest BCUT2D eigenvalue weighted by Gasteiger charge is -2.26. The van der Waals surface area contributed by atoms with Gasteiger partial charge in [0.1, 0.15) is 28.7 Å². The molecule has 25 heteroatoms. The van der Waals surface area contributed by atoms with Crippen LogP contribution in [0.4, 0.5) is 50.9 Å². The number of hydrogen-bond donors (Lipinski definition) is 2. The van der Waals surface area contributed by atoms with Gasteiger partial charge in [-0.15, -0.1) is 0 Å². The normalized spacial score (nSPS) is 11.5. The number of ketones is 3. The van der Waals surface area contributed by atoms with E-state index in [1.165, 1.54) is 31.9 Å². The number of nitriles is 2. The number of carbonyl (C=O) groups is 3. The summed E-state index contributed by atoms with van der Waals surface area (Å²) >= 11 is 0. The maximum absolute atomic E-state index is 12.2. The highest BCUT2D eigenvalue weighted by Gasteiger charge is 2.41. The number of benzene rings is 6. The Morgan fingerprint density at radius 3 is 1.02 bits per heavy atom. The van der Waals surface area contributed by atoms with Crippen LogP contribution in [-0.2, 0) is 47.9 Å². The van der Waals surface area contributed by atoms with Gasteiger partial charge >= 0.3 is 24.2 Å². The average Bonchev–Trinajstić information content (AvgIpc) is 0.838. The summed E-state index contributed by atoms with van der Waals surface area (Å²) in [6.07, 6.45) is -15.4. The topological polar surface area (TPSA) is 249 Å². The third-order valence-corrected chi connectivity index (χ3v) is 15.8. The zero-order valence-electron chi connectivity index (χ0n) is 58.2. The number of rotatable bonds is 23. The summed E-state index contributed by atoms with van der Waals surface area (Å²) < 4.78 is 140. The predicted molar refractivity (Wildman–Crippen MR) is 359 cm³/mol. The molecule has 0 atom stereocenters. The van der Waals surface area contributed by atoms with Crippen LogP contribution in [0.15, 0.2) is 133 Å². The summed E-state index contributed by atoms with van der Waals surface area (Å²) in [6.45, 7) is 19.2. The SMILES string of the molecule is COc1ccc(C(C)(C)C#N)cc1.COc1ccc(C(C)(C)CCC(=O)C(F)(F)F)cc1.COc1ccc(C(C)(C)CCC(=O)C(F)(F)F)cc1N.COc1ccc(C(C)(C)CCC(=O)C(F)(F)F)cc1[N+](=O)[O-].COc1ccc(C(C)(C)CN)cc1.COc1ccc(CC#N)cc1. The Morgan fingerprint density at radius 2 is 0.735 bits per heavy atom. The first-order valence-electron chi connectivity index (χ1n) is 30.4. The Bertz CT molecular complexity index is 3560. The van der Waals surface area contributed by atoms with Crippen LogP contribution < -0.4 is 39.9 Å². The molecule has 6 rings (SSSR count). The van der Waals surface area contributed by atoms with Crippen LogP contribution in [0, 0.1) is 32.8 Å². The number of Topliss-reactive ketones (excluding diaryl/α,β-unsaturated/α-hetero) is 3. The van der Waals surface area contributed by atoms with Crippen LogP contribution >= 0.6 is 0 Å².